The van der Waals surface area contributed by atoms with Crippen molar-refractivity contribution in [2.24, 2.45) is 0 Å². The van der Waals surface area contributed by atoms with Gasteiger partial charge in [-0.05, 0) is 6.29 Å². The Morgan fingerprint density at radius 2 is 2.00 bits per heavy atom. The predicted molar refractivity (Wildman–Crippen MR) is 15.9 cm³/mol. The average molecular weight is 144 g/mol. The van der Waals surface area contributed by atoms with Crippen molar-refractivity contribution < 1.29 is 37.5 Å². The van der Waals surface area contributed by atoms with E-state index in [1.165, 1.54) is 6.29 Å². The minimum absolute atomic E-state index is 0. The van der Waals surface area contributed by atoms with Gasteiger partial charge in [0.1, 0.15) is 0 Å². The van der Waals surface area contributed by atoms with Crippen molar-refractivity contribution in [1.82, 2.24) is 0 Å². The first-order valence-corrected chi connectivity index (χ1v) is 0.901. The third kappa shape index (κ3) is 12.4. The van der Waals surface area contributed by atoms with E-state index < -0.39 is 0 Å². The van der Waals surface area contributed by atoms with Crippen LogP contribution in [0.25, 0.3) is 0 Å². The van der Waals surface area contributed by atoms with E-state index in [1.54, 1.807) is 0 Å². The molecule has 0 aliphatic carbocycles. The summed E-state index contributed by atoms with van der Waals surface area (Å²) >= 11 is 0. The maximum Gasteiger partial charge on any atom is 0 e. The van der Waals surface area contributed by atoms with E-state index in [4.69, 9.17) is 4.79 Å². The molecule has 0 fully saturated rings. The first-order chi connectivity index (χ1) is 1.91. The molecule has 0 bridgehead atoms. The van der Waals surface area contributed by atoms with Gasteiger partial charge in [-0.15, -0.1) is 0 Å². The Balaban J connectivity index is 0. The van der Waals surface area contributed by atoms with Crippen LogP contribution in [0.15, 0.2) is 12.7 Å². The third-order valence-corrected chi connectivity index (χ3v) is 0.0833. The topological polar surface area (TPSA) is 17.1 Å². The summed E-state index contributed by atoms with van der Waals surface area (Å²) in [5, 5.41) is 0. The number of carbonyl (C=O) groups excluding carboxylic acids is 1. The Kier molecular flexibility index (Phi) is 16.0. The van der Waals surface area contributed by atoms with Crippen LogP contribution in [0, 0.1) is 0 Å². The minimum atomic E-state index is 0. The molecule has 0 spiro atoms. The van der Waals surface area contributed by atoms with E-state index in [0.717, 1.165) is 6.08 Å². The molecule has 1 radical (unpaired) electrons. The molecule has 0 unspecified atom stereocenters. The van der Waals surface area contributed by atoms with Gasteiger partial charge in [0.2, 0.25) is 0 Å². The van der Waals surface area contributed by atoms with Gasteiger partial charge in [0, 0.05) is 32.7 Å². The van der Waals surface area contributed by atoms with Crippen LogP contribution in [0.3, 0.4) is 0 Å². The first kappa shape index (κ1) is 9.10. The van der Waals surface area contributed by atoms with Gasteiger partial charge < -0.3 is 4.79 Å². The zero-order valence-corrected chi connectivity index (χ0v) is 5.61. The molecule has 2 heteroatoms. The summed E-state index contributed by atoms with van der Waals surface area (Å²) in [5.74, 6) is 0. The normalized spacial score (nSPS) is 4.00. The van der Waals surface area contributed by atoms with Gasteiger partial charge in [-0.2, -0.15) is 0 Å². The van der Waals surface area contributed by atoms with E-state index in [9.17, 15) is 0 Å². The second kappa shape index (κ2) is 8.82. The Morgan fingerprint density at radius 3 is 2.00 bits per heavy atom. The molecule has 25 valence electrons. The van der Waals surface area contributed by atoms with E-state index in [-0.39, 0.29) is 32.7 Å². The number of hydrogen-bond donors (Lipinski definition) is 0. The summed E-state index contributed by atoms with van der Waals surface area (Å²) in [4.78, 5) is 8.93. The zero-order chi connectivity index (χ0) is 3.41. The number of allylic oxidation sites excluding steroid dienone is 1. The van der Waals surface area contributed by atoms with Crippen LogP contribution in [0.1, 0.15) is 0 Å². The van der Waals surface area contributed by atoms with Gasteiger partial charge in [0.25, 0.3) is 0 Å². The second-order valence-electron chi connectivity index (χ2n) is 0.322. The smallest absolute Gasteiger partial charge is 0 e. The SMILES string of the molecule is C=C[C-]=O.[Y]. The van der Waals surface area contributed by atoms with Crippen molar-refractivity contribution >= 4 is 6.29 Å². The molecule has 0 amide bonds. The fourth-order valence-electron chi connectivity index (χ4n) is 0. The summed E-state index contributed by atoms with van der Waals surface area (Å²) in [7, 11) is 0. The van der Waals surface area contributed by atoms with Crippen molar-refractivity contribution in [2.45, 2.75) is 0 Å². The van der Waals surface area contributed by atoms with Crippen LogP contribution in [0.5, 0.6) is 0 Å². The van der Waals surface area contributed by atoms with Crippen molar-refractivity contribution in [3.8, 4) is 0 Å². The van der Waals surface area contributed by atoms with Crippen molar-refractivity contribution in [2.75, 3.05) is 0 Å². The molecule has 0 saturated heterocycles. The molecule has 0 aliphatic heterocycles. The molecular formula is C3H3OY-. The first-order valence-electron chi connectivity index (χ1n) is 0.901. The monoisotopic (exact) mass is 144 g/mol. The van der Waals surface area contributed by atoms with Crippen molar-refractivity contribution in [3.63, 3.8) is 0 Å². The zero-order valence-electron chi connectivity index (χ0n) is 2.77. The van der Waals surface area contributed by atoms with E-state index in [1.807, 2.05) is 0 Å². The maximum absolute atomic E-state index is 8.93. The molecule has 0 atom stereocenters. The van der Waals surface area contributed by atoms with Crippen LogP contribution in [-0.4, -0.2) is 6.29 Å². The van der Waals surface area contributed by atoms with Crippen molar-refractivity contribution in [3.05, 3.63) is 12.7 Å². The summed E-state index contributed by atoms with van der Waals surface area (Å²) in [6.07, 6.45) is 2.51. The van der Waals surface area contributed by atoms with Gasteiger partial charge in [0.15, 0.2) is 0 Å². The molecule has 1 nitrogen and oxygen atoms in total. The van der Waals surface area contributed by atoms with Gasteiger partial charge in [0.05, 0.1) is 0 Å². The van der Waals surface area contributed by atoms with Crippen LogP contribution in [0.4, 0.5) is 0 Å². The van der Waals surface area contributed by atoms with E-state index >= 15 is 0 Å². The Labute approximate surface area is 56.3 Å². The second-order valence-corrected chi connectivity index (χ2v) is 0.322. The summed E-state index contributed by atoms with van der Waals surface area (Å²) in [5.41, 5.74) is 0. The molecule has 0 aliphatic rings. The molecule has 0 aromatic rings. The summed E-state index contributed by atoms with van der Waals surface area (Å²) in [6.45, 7) is 3.06. The predicted octanol–water partition coefficient (Wildman–Crippen LogP) is 0.280. The molecule has 0 saturated carbocycles. The quantitative estimate of drug-likeness (QED) is 0.381. The fraction of sp³-hybridized carbons (Fsp3) is 0. The molecule has 5 heavy (non-hydrogen) atoms. The van der Waals surface area contributed by atoms with Crippen LogP contribution >= 0.6 is 0 Å². The van der Waals surface area contributed by atoms with Gasteiger partial charge >= 0.3 is 0 Å². The van der Waals surface area contributed by atoms with E-state index in [0.29, 0.717) is 0 Å². The van der Waals surface area contributed by atoms with Gasteiger partial charge in [-0.3, -0.25) is 0 Å². The fourth-order valence-corrected chi connectivity index (χ4v) is 0. The van der Waals surface area contributed by atoms with Crippen LogP contribution in [-0.2, 0) is 37.5 Å². The average Bonchev–Trinajstić information content (AvgIpc) is 1.37. The van der Waals surface area contributed by atoms with Crippen LogP contribution in [0.2, 0.25) is 0 Å². The maximum atomic E-state index is 8.93. The minimum Gasteiger partial charge on any atom is -0.419 e. The van der Waals surface area contributed by atoms with Crippen LogP contribution < -0.4 is 0 Å². The molecule has 0 N–H and O–H groups in total. The molecule has 0 aromatic heterocycles. The summed E-state index contributed by atoms with van der Waals surface area (Å²) < 4.78 is 0. The standard InChI is InChI=1S/C3H3O.Y/c1-2-3-4;/h2H,1H2;/q-1;. The largest absolute Gasteiger partial charge is 0.419 e. The summed E-state index contributed by atoms with van der Waals surface area (Å²) in [6, 6.07) is 0. The van der Waals surface area contributed by atoms with E-state index in [2.05, 4.69) is 6.58 Å². The Bertz CT molecular complexity index is 27.9. The number of rotatable bonds is 1. The van der Waals surface area contributed by atoms with Gasteiger partial charge in [-0.1, -0.05) is 0 Å². The van der Waals surface area contributed by atoms with Gasteiger partial charge in [-0.25, -0.2) is 12.7 Å². The molecular weight excluding hydrogens is 141 g/mol. The Morgan fingerprint density at radius 1 is 1.80 bits per heavy atom. The number of hydrogen-bond acceptors (Lipinski definition) is 1. The molecule has 0 aromatic carbocycles. The Hall–Kier alpha value is 0.514. The van der Waals surface area contributed by atoms with Crippen molar-refractivity contribution in [1.29, 1.82) is 0 Å². The molecule has 0 rings (SSSR count). The third-order valence-electron chi connectivity index (χ3n) is 0.0833. The molecule has 0 heterocycles.